The van der Waals surface area contributed by atoms with Crippen molar-refractivity contribution in [2.75, 3.05) is 18.5 Å². The fourth-order valence-electron chi connectivity index (χ4n) is 3.82. The predicted molar refractivity (Wildman–Crippen MR) is 104 cm³/mol. The van der Waals surface area contributed by atoms with Gasteiger partial charge in [0, 0.05) is 34.0 Å². The molecule has 0 atom stereocenters. The van der Waals surface area contributed by atoms with Crippen molar-refractivity contribution < 1.29 is 13.9 Å². The summed E-state index contributed by atoms with van der Waals surface area (Å²) in [6.45, 7) is 1.20. The first-order valence-corrected chi connectivity index (χ1v) is 8.68. The molecule has 5 nitrogen and oxygen atoms in total. The van der Waals surface area contributed by atoms with Crippen LogP contribution in [0.3, 0.4) is 0 Å². The van der Waals surface area contributed by atoms with Crippen LogP contribution in [0.4, 0.5) is 10.1 Å². The van der Waals surface area contributed by atoms with Crippen molar-refractivity contribution >= 4 is 33.4 Å². The van der Waals surface area contributed by atoms with Crippen molar-refractivity contribution in [2.45, 2.75) is 0 Å². The molecule has 0 unspecified atom stereocenters. The lowest BCUT2D eigenvalue weighted by atomic mass is 9.95. The molecule has 4 aromatic rings. The molecule has 0 fully saturated rings. The number of fused-ring (bicyclic) bond motifs is 4. The van der Waals surface area contributed by atoms with Crippen LogP contribution < -0.4 is 15.8 Å². The van der Waals surface area contributed by atoms with Crippen molar-refractivity contribution in [1.29, 1.82) is 0 Å². The van der Waals surface area contributed by atoms with Gasteiger partial charge in [0.25, 0.3) is 5.91 Å². The number of ether oxygens (including phenoxy) is 1. The van der Waals surface area contributed by atoms with Crippen LogP contribution in [0.25, 0.3) is 32.9 Å². The summed E-state index contributed by atoms with van der Waals surface area (Å²) in [6, 6.07) is 14.3. The third-order valence-electron chi connectivity index (χ3n) is 4.95. The molecular weight excluding hydrogens is 345 g/mol. The van der Waals surface area contributed by atoms with Crippen LogP contribution in [0.1, 0.15) is 10.4 Å². The summed E-state index contributed by atoms with van der Waals surface area (Å²) in [5.41, 5.74) is 8.84. The van der Waals surface area contributed by atoms with E-state index in [1.165, 1.54) is 6.07 Å². The average Bonchev–Trinajstić information content (AvgIpc) is 3.06. The number of carbonyl (C=O) groups is 1. The summed E-state index contributed by atoms with van der Waals surface area (Å²) in [6.07, 6.45) is 0. The standard InChI is InChI=1S/C21H16FN3O2/c22-14-10-13(21(23)26)19-18(11-4-1-2-6-15(11)25-19)17(14)12-5-3-7-16-20(12)27-9-8-24-16/h1-7,10,24-25H,8-9H2,(H2,23,26). The first-order chi connectivity index (χ1) is 13.1. The zero-order valence-electron chi connectivity index (χ0n) is 14.3. The van der Waals surface area contributed by atoms with Gasteiger partial charge in [0.05, 0.1) is 16.8 Å². The molecule has 0 radical (unpaired) electrons. The Balaban J connectivity index is 1.95. The number of halogens is 1. The van der Waals surface area contributed by atoms with Gasteiger partial charge < -0.3 is 20.8 Å². The zero-order valence-corrected chi connectivity index (χ0v) is 14.3. The summed E-state index contributed by atoms with van der Waals surface area (Å²) in [4.78, 5) is 15.1. The number of benzene rings is 3. The third-order valence-corrected chi connectivity index (χ3v) is 4.95. The third kappa shape index (κ3) is 2.26. The van der Waals surface area contributed by atoms with E-state index in [0.717, 1.165) is 16.6 Å². The Bertz CT molecular complexity index is 1230. The minimum atomic E-state index is -0.676. The van der Waals surface area contributed by atoms with E-state index in [0.29, 0.717) is 40.9 Å². The van der Waals surface area contributed by atoms with E-state index in [4.69, 9.17) is 10.5 Å². The lowest BCUT2D eigenvalue weighted by Crippen LogP contribution is -2.18. The summed E-state index contributed by atoms with van der Waals surface area (Å²) < 4.78 is 21.2. The maximum Gasteiger partial charge on any atom is 0.250 e. The van der Waals surface area contributed by atoms with Gasteiger partial charge in [-0.15, -0.1) is 0 Å². The highest BCUT2D eigenvalue weighted by atomic mass is 19.1. The van der Waals surface area contributed by atoms with E-state index >= 15 is 4.39 Å². The molecule has 1 aliphatic rings. The number of carbonyl (C=O) groups excluding carboxylic acids is 1. The Morgan fingerprint density at radius 3 is 2.85 bits per heavy atom. The quantitative estimate of drug-likeness (QED) is 0.504. The Hall–Kier alpha value is -3.54. The second-order valence-corrected chi connectivity index (χ2v) is 6.52. The first kappa shape index (κ1) is 15.7. The van der Waals surface area contributed by atoms with Gasteiger partial charge in [-0.3, -0.25) is 4.79 Å². The summed E-state index contributed by atoms with van der Waals surface area (Å²) in [7, 11) is 0. The summed E-state index contributed by atoms with van der Waals surface area (Å²) in [5.74, 6) is -0.574. The topological polar surface area (TPSA) is 80.1 Å². The van der Waals surface area contributed by atoms with E-state index in [2.05, 4.69) is 10.3 Å². The lowest BCUT2D eigenvalue weighted by Gasteiger charge is -2.22. The molecule has 0 saturated heterocycles. The average molecular weight is 361 g/mol. The Kier molecular flexibility index (Phi) is 3.33. The number of rotatable bonds is 2. The van der Waals surface area contributed by atoms with Gasteiger partial charge in [0.15, 0.2) is 0 Å². The molecular formula is C21H16FN3O2. The van der Waals surface area contributed by atoms with E-state index < -0.39 is 11.7 Å². The molecule has 3 aromatic carbocycles. The number of hydrogen-bond donors (Lipinski definition) is 3. The summed E-state index contributed by atoms with van der Waals surface area (Å²) in [5, 5.41) is 4.72. The monoisotopic (exact) mass is 361 g/mol. The molecule has 27 heavy (non-hydrogen) atoms. The van der Waals surface area contributed by atoms with E-state index in [1.807, 2.05) is 42.5 Å². The van der Waals surface area contributed by atoms with E-state index in [9.17, 15) is 4.79 Å². The Labute approximate surface area is 153 Å². The molecule has 0 bridgehead atoms. The second kappa shape index (κ2) is 5.74. The number of nitrogens with one attached hydrogen (secondary N) is 2. The Morgan fingerprint density at radius 2 is 2.00 bits per heavy atom. The highest BCUT2D eigenvalue weighted by molar-refractivity contribution is 6.20. The van der Waals surface area contributed by atoms with Gasteiger partial charge in [0.1, 0.15) is 18.2 Å². The van der Waals surface area contributed by atoms with Crippen LogP contribution in [-0.4, -0.2) is 24.0 Å². The molecule has 1 amide bonds. The van der Waals surface area contributed by atoms with Crippen molar-refractivity contribution in [3.8, 4) is 16.9 Å². The second-order valence-electron chi connectivity index (χ2n) is 6.52. The number of nitrogens with two attached hydrogens (primary N) is 1. The molecule has 134 valence electrons. The number of anilines is 1. The maximum atomic E-state index is 15.3. The minimum Gasteiger partial charge on any atom is -0.489 e. The normalized spacial score (nSPS) is 13.2. The highest BCUT2D eigenvalue weighted by Crippen LogP contribution is 2.44. The number of aromatic amines is 1. The van der Waals surface area contributed by atoms with Crippen LogP contribution in [-0.2, 0) is 0 Å². The fourth-order valence-corrected chi connectivity index (χ4v) is 3.82. The fraction of sp³-hybridized carbons (Fsp3) is 0.0952. The predicted octanol–water partition coefficient (Wildman–Crippen LogP) is 4.03. The molecule has 5 rings (SSSR count). The van der Waals surface area contributed by atoms with Crippen molar-refractivity contribution in [3.63, 3.8) is 0 Å². The van der Waals surface area contributed by atoms with Gasteiger partial charge in [-0.1, -0.05) is 30.3 Å². The molecule has 6 heteroatoms. The Morgan fingerprint density at radius 1 is 1.15 bits per heavy atom. The first-order valence-electron chi connectivity index (χ1n) is 8.68. The highest BCUT2D eigenvalue weighted by Gasteiger charge is 2.24. The molecule has 0 saturated carbocycles. The lowest BCUT2D eigenvalue weighted by molar-refractivity contribution is 0.100. The van der Waals surface area contributed by atoms with Crippen molar-refractivity contribution in [1.82, 2.24) is 4.98 Å². The van der Waals surface area contributed by atoms with Gasteiger partial charge >= 0.3 is 0 Å². The van der Waals surface area contributed by atoms with Crippen LogP contribution in [0.2, 0.25) is 0 Å². The number of amides is 1. The van der Waals surface area contributed by atoms with Crippen LogP contribution in [0, 0.1) is 5.82 Å². The molecule has 0 aliphatic carbocycles. The number of aromatic nitrogens is 1. The van der Waals surface area contributed by atoms with Gasteiger partial charge in [0.2, 0.25) is 0 Å². The van der Waals surface area contributed by atoms with Crippen LogP contribution >= 0.6 is 0 Å². The number of para-hydroxylation sites is 2. The maximum absolute atomic E-state index is 15.3. The zero-order chi connectivity index (χ0) is 18.5. The number of hydrogen-bond acceptors (Lipinski definition) is 3. The number of H-pyrrole nitrogens is 1. The smallest absolute Gasteiger partial charge is 0.250 e. The molecule has 4 N–H and O–H groups in total. The molecule has 1 aliphatic heterocycles. The van der Waals surface area contributed by atoms with E-state index in [1.54, 1.807) is 0 Å². The van der Waals surface area contributed by atoms with Crippen LogP contribution in [0.5, 0.6) is 5.75 Å². The molecule has 2 heterocycles. The minimum absolute atomic E-state index is 0.131. The van der Waals surface area contributed by atoms with Gasteiger partial charge in [-0.05, 0) is 18.2 Å². The van der Waals surface area contributed by atoms with Gasteiger partial charge in [-0.25, -0.2) is 4.39 Å². The van der Waals surface area contributed by atoms with Crippen LogP contribution in [0.15, 0.2) is 48.5 Å². The number of primary amides is 1. The van der Waals surface area contributed by atoms with E-state index in [-0.39, 0.29) is 5.56 Å². The van der Waals surface area contributed by atoms with Crippen molar-refractivity contribution in [2.24, 2.45) is 5.73 Å². The molecule has 0 spiro atoms. The summed E-state index contributed by atoms with van der Waals surface area (Å²) >= 11 is 0. The van der Waals surface area contributed by atoms with Crippen molar-refractivity contribution in [3.05, 3.63) is 59.9 Å². The SMILES string of the molecule is NC(=O)c1cc(F)c(-c2cccc3c2OCCN3)c2c1[nH]c1ccccc12. The molecule has 1 aromatic heterocycles. The van der Waals surface area contributed by atoms with Gasteiger partial charge in [-0.2, -0.15) is 0 Å². The largest absolute Gasteiger partial charge is 0.489 e.